The maximum Gasteiger partial charge on any atom is 0.255 e. The average molecular weight is 558 g/mol. The minimum Gasteiger partial charge on any atom is -0.510 e. The molecular weight excluding hydrogens is 522 g/mol. The molecule has 1 aromatic rings. The second kappa shape index (κ2) is 9.88. The third-order valence-corrected chi connectivity index (χ3v) is 8.91. The number of benzene rings is 1. The highest BCUT2D eigenvalue weighted by Crippen LogP contribution is 2.54. The van der Waals surface area contributed by atoms with E-state index in [1.165, 1.54) is 18.1 Å². The summed E-state index contributed by atoms with van der Waals surface area (Å²) in [6, 6.07) is 0.199. The van der Waals surface area contributed by atoms with Crippen LogP contribution < -0.4 is 10.5 Å². The van der Waals surface area contributed by atoms with Gasteiger partial charge in [-0.15, -0.1) is 0 Å². The number of nitrogens with two attached hydrogens (primary N) is 1. The number of phenolic OH excluding ortho intramolecular Hbond substituents is 1. The van der Waals surface area contributed by atoms with E-state index in [4.69, 9.17) is 15.2 Å². The number of ketones is 2. The summed E-state index contributed by atoms with van der Waals surface area (Å²) in [6.07, 6.45) is 0.159. The van der Waals surface area contributed by atoms with Crippen molar-refractivity contribution in [3.05, 3.63) is 45.4 Å². The Morgan fingerprint density at radius 1 is 1.27 bits per heavy atom. The van der Waals surface area contributed by atoms with Gasteiger partial charge in [-0.05, 0) is 45.5 Å². The smallest absolute Gasteiger partial charge is 0.255 e. The number of phenols is 1. The molecule has 5 atom stereocenters. The average Bonchev–Trinajstić information content (AvgIpc) is 2.90. The predicted molar refractivity (Wildman–Crippen MR) is 141 cm³/mol. The molecule has 0 aromatic heterocycles. The Morgan fingerprint density at radius 2 is 1.98 bits per heavy atom. The van der Waals surface area contributed by atoms with Crippen molar-refractivity contribution in [3.8, 4) is 11.5 Å². The number of carbonyl (C=O) groups excluding carboxylic acids is 3. The van der Waals surface area contributed by atoms with Gasteiger partial charge in [-0.3, -0.25) is 24.2 Å². The summed E-state index contributed by atoms with van der Waals surface area (Å²) in [5, 5.41) is 45.2. The molecule has 0 saturated carbocycles. The number of methoxy groups -OCH3 is 1. The van der Waals surface area contributed by atoms with Crippen LogP contribution in [0.25, 0.3) is 0 Å². The first-order chi connectivity index (χ1) is 18.9. The number of ether oxygens (including phenoxy) is 2. The molecule has 0 radical (unpaired) electrons. The minimum atomic E-state index is -2.68. The molecule has 0 spiro atoms. The van der Waals surface area contributed by atoms with Crippen molar-refractivity contribution >= 4 is 17.5 Å². The van der Waals surface area contributed by atoms with Gasteiger partial charge < -0.3 is 35.6 Å². The number of nitrogens with zero attached hydrogens (tertiary/aromatic N) is 2. The SMILES string of the molecule is CCN1CCOCC1c1cc(O)c2c(c1OC)C[C@H]1C[C@H]3[C@H](N(C)C)C(O)=C(C(N)=O)C(=O)[C@@]3(O)C(O)=C1C2=O. The Kier molecular flexibility index (Phi) is 6.94. The van der Waals surface area contributed by atoms with Crippen LogP contribution in [0, 0.1) is 11.8 Å². The lowest BCUT2D eigenvalue weighted by Gasteiger charge is -2.50. The largest absolute Gasteiger partial charge is 0.510 e. The summed E-state index contributed by atoms with van der Waals surface area (Å²) in [4.78, 5) is 43.2. The van der Waals surface area contributed by atoms with E-state index in [9.17, 15) is 34.8 Å². The molecule has 1 aliphatic heterocycles. The maximum absolute atomic E-state index is 13.9. The molecule has 1 amide bonds. The van der Waals surface area contributed by atoms with Gasteiger partial charge in [0.15, 0.2) is 11.4 Å². The topological polar surface area (TPSA) is 183 Å². The third kappa shape index (κ3) is 3.77. The standard InChI is InChI=1S/C28H35N3O9/c1-5-31-6-7-40-11-16(31)13-10-17(32)19-14(24(13)39-4)8-12-9-15-21(30(2)3)23(34)20(27(29)37)26(36)28(15,38)25(35)18(12)22(19)33/h10,12,15-16,21,32,34-35,38H,5-9,11H2,1-4H3,(H2,29,37)/t12-,15-,16?,21-,28-/m0/s1. The number of allylic oxidation sites excluding steroid dienone is 1. The van der Waals surface area contributed by atoms with E-state index in [0.29, 0.717) is 36.6 Å². The number of amides is 1. The molecule has 6 N–H and O–H groups in total. The molecule has 5 rings (SSSR count). The van der Waals surface area contributed by atoms with Crippen molar-refractivity contribution in [2.75, 3.05) is 47.5 Å². The summed E-state index contributed by atoms with van der Waals surface area (Å²) in [7, 11) is 4.66. The molecule has 40 heavy (non-hydrogen) atoms. The minimum absolute atomic E-state index is 0.00747. The summed E-state index contributed by atoms with van der Waals surface area (Å²) < 4.78 is 11.5. The number of fused-ring (bicyclic) bond motifs is 3. The predicted octanol–water partition coefficient (Wildman–Crippen LogP) is 0.522. The van der Waals surface area contributed by atoms with Gasteiger partial charge in [0.05, 0.1) is 38.0 Å². The lowest BCUT2D eigenvalue weighted by atomic mass is 9.58. The fraction of sp³-hybridized carbons (Fsp3) is 0.536. The first kappa shape index (κ1) is 28.1. The quantitative estimate of drug-likeness (QED) is 0.318. The molecule has 1 fully saturated rings. The van der Waals surface area contributed by atoms with E-state index in [0.717, 1.165) is 6.54 Å². The van der Waals surface area contributed by atoms with Gasteiger partial charge in [-0.2, -0.15) is 0 Å². The first-order valence-electron chi connectivity index (χ1n) is 13.3. The van der Waals surface area contributed by atoms with Crippen LogP contribution >= 0.6 is 0 Å². The van der Waals surface area contributed by atoms with E-state index in [2.05, 4.69) is 4.90 Å². The monoisotopic (exact) mass is 557 g/mol. The number of morpholine rings is 1. The molecule has 4 aliphatic rings. The van der Waals surface area contributed by atoms with Crippen molar-refractivity contribution in [2.24, 2.45) is 17.6 Å². The van der Waals surface area contributed by atoms with Gasteiger partial charge >= 0.3 is 0 Å². The van der Waals surface area contributed by atoms with Crippen molar-refractivity contribution in [3.63, 3.8) is 0 Å². The van der Waals surface area contributed by atoms with Gasteiger partial charge in [0, 0.05) is 29.2 Å². The van der Waals surface area contributed by atoms with Crippen LogP contribution in [-0.2, 0) is 20.7 Å². The van der Waals surface area contributed by atoms with Gasteiger partial charge in [0.1, 0.15) is 28.6 Å². The number of Topliss-reactive ketones (excluding diaryl/α,β-unsaturated/α-hetero) is 2. The van der Waals surface area contributed by atoms with E-state index < -0.39 is 58.0 Å². The van der Waals surface area contributed by atoms with Gasteiger partial charge in [0.2, 0.25) is 5.78 Å². The van der Waals surface area contributed by atoms with Crippen LogP contribution in [0.1, 0.15) is 40.9 Å². The number of carbonyl (C=O) groups is 3. The van der Waals surface area contributed by atoms with Gasteiger partial charge in [0.25, 0.3) is 5.91 Å². The lowest BCUT2D eigenvalue weighted by molar-refractivity contribution is -0.148. The number of rotatable bonds is 5. The number of aliphatic hydroxyl groups is 3. The van der Waals surface area contributed by atoms with Crippen molar-refractivity contribution in [1.82, 2.24) is 9.80 Å². The summed E-state index contributed by atoms with van der Waals surface area (Å²) in [5.74, 6) is -6.44. The second-order valence-corrected chi connectivity index (χ2v) is 11.1. The number of hydrogen-bond acceptors (Lipinski definition) is 11. The third-order valence-electron chi connectivity index (χ3n) is 8.91. The first-order valence-corrected chi connectivity index (χ1v) is 13.3. The molecule has 3 aliphatic carbocycles. The Balaban J connectivity index is 1.69. The van der Waals surface area contributed by atoms with Crippen LogP contribution in [0.2, 0.25) is 0 Å². The Labute approximate surface area is 231 Å². The molecule has 216 valence electrons. The molecule has 12 heteroatoms. The van der Waals surface area contributed by atoms with Crippen molar-refractivity contribution in [2.45, 2.75) is 37.5 Å². The fourth-order valence-electron chi connectivity index (χ4n) is 7.12. The Morgan fingerprint density at radius 3 is 2.58 bits per heavy atom. The maximum atomic E-state index is 13.9. The molecular formula is C28H35N3O9. The Bertz CT molecular complexity index is 1370. The van der Waals surface area contributed by atoms with Crippen molar-refractivity contribution in [1.29, 1.82) is 0 Å². The van der Waals surface area contributed by atoms with Crippen LogP contribution in [0.4, 0.5) is 0 Å². The molecule has 1 unspecified atom stereocenters. The van der Waals surface area contributed by atoms with Crippen LogP contribution in [0.15, 0.2) is 28.7 Å². The van der Waals surface area contributed by atoms with E-state index in [1.807, 2.05) is 6.92 Å². The number of primary amides is 1. The zero-order chi connectivity index (χ0) is 29.3. The number of aromatic hydroxyl groups is 1. The van der Waals surface area contributed by atoms with Gasteiger partial charge in [-0.1, -0.05) is 6.92 Å². The highest BCUT2D eigenvalue weighted by atomic mass is 16.5. The van der Waals surface area contributed by atoms with E-state index in [1.54, 1.807) is 14.1 Å². The van der Waals surface area contributed by atoms with Crippen LogP contribution in [-0.4, -0.2) is 107 Å². The second-order valence-electron chi connectivity index (χ2n) is 11.1. The summed E-state index contributed by atoms with van der Waals surface area (Å²) >= 11 is 0. The number of aliphatic hydroxyl groups excluding tert-OH is 2. The highest BCUT2D eigenvalue weighted by molar-refractivity contribution is 6.24. The lowest BCUT2D eigenvalue weighted by Crippen LogP contribution is -2.63. The molecule has 12 nitrogen and oxygen atoms in total. The normalized spacial score (nSPS) is 30.8. The van der Waals surface area contributed by atoms with Crippen LogP contribution in [0.5, 0.6) is 11.5 Å². The fourth-order valence-corrected chi connectivity index (χ4v) is 7.12. The Hall–Kier alpha value is -3.45. The van der Waals surface area contributed by atoms with Crippen LogP contribution in [0.3, 0.4) is 0 Å². The molecule has 1 heterocycles. The number of likely N-dealkylation sites (N-methyl/N-ethyl adjacent to an activating group) is 2. The van der Waals surface area contributed by atoms with Gasteiger partial charge in [-0.25, -0.2) is 0 Å². The summed E-state index contributed by atoms with van der Waals surface area (Å²) in [5.41, 5.74) is 2.70. The molecule has 0 bridgehead atoms. The molecule has 1 aromatic carbocycles. The summed E-state index contributed by atoms with van der Waals surface area (Å²) in [6.45, 7) is 4.40. The number of hydrogen-bond donors (Lipinski definition) is 5. The highest BCUT2D eigenvalue weighted by Gasteiger charge is 2.63. The van der Waals surface area contributed by atoms with Crippen molar-refractivity contribution < 1.29 is 44.3 Å². The zero-order valence-corrected chi connectivity index (χ0v) is 22.9. The zero-order valence-electron chi connectivity index (χ0n) is 22.9. The van der Waals surface area contributed by atoms with E-state index >= 15 is 0 Å². The van der Waals surface area contributed by atoms with E-state index in [-0.39, 0.29) is 35.8 Å². The molecule has 1 saturated heterocycles.